The summed E-state index contributed by atoms with van der Waals surface area (Å²) in [6.45, 7) is 4.31. The van der Waals surface area contributed by atoms with Crippen molar-refractivity contribution < 1.29 is 18.0 Å². The fourth-order valence-electron chi connectivity index (χ4n) is 5.98. The van der Waals surface area contributed by atoms with Gasteiger partial charge in [-0.15, -0.1) is 0 Å². The van der Waals surface area contributed by atoms with Crippen molar-refractivity contribution in [3.8, 4) is 0 Å². The molecule has 1 atom stereocenters. The van der Waals surface area contributed by atoms with E-state index in [1.165, 1.54) is 17.0 Å². The van der Waals surface area contributed by atoms with E-state index in [0.717, 1.165) is 52.4 Å². The second-order valence-electron chi connectivity index (χ2n) is 12.0. The number of aryl methyl sites for hydroxylation is 2. The molecule has 0 unspecified atom stereocenters. The predicted molar refractivity (Wildman–Crippen MR) is 181 cm³/mol. The third kappa shape index (κ3) is 9.92. The molecule has 9 heteroatoms. The average Bonchev–Trinajstić information content (AvgIpc) is 2.98. The number of hydrogen-bond acceptors (Lipinski definition) is 4. The molecule has 1 saturated carbocycles. The maximum Gasteiger partial charge on any atom is 0.243 e. The van der Waals surface area contributed by atoms with Crippen molar-refractivity contribution in [1.82, 2.24) is 10.2 Å². The van der Waals surface area contributed by atoms with Gasteiger partial charge in [0, 0.05) is 36.4 Å². The van der Waals surface area contributed by atoms with E-state index < -0.39 is 16.1 Å². The normalized spacial score (nSPS) is 14.5. The van der Waals surface area contributed by atoms with Crippen LogP contribution in [0.1, 0.15) is 67.2 Å². The van der Waals surface area contributed by atoms with Crippen molar-refractivity contribution >= 4 is 43.5 Å². The number of hydrogen-bond donors (Lipinski definition) is 1. The Labute approximate surface area is 271 Å². The van der Waals surface area contributed by atoms with E-state index >= 15 is 0 Å². The molecule has 3 aromatic rings. The summed E-state index contributed by atoms with van der Waals surface area (Å²) in [4.78, 5) is 29.7. The Hall–Kier alpha value is -3.17. The summed E-state index contributed by atoms with van der Waals surface area (Å²) in [5.74, 6) is -0.319. The number of rotatable bonds is 13. The quantitative estimate of drug-likeness (QED) is 0.218. The molecule has 1 aliphatic rings. The van der Waals surface area contributed by atoms with Crippen molar-refractivity contribution in [2.24, 2.45) is 0 Å². The number of carbonyl (C=O) groups is 2. The van der Waals surface area contributed by atoms with Gasteiger partial charge in [-0.1, -0.05) is 83.7 Å². The van der Waals surface area contributed by atoms with Crippen LogP contribution in [0, 0.1) is 13.8 Å². The Morgan fingerprint density at radius 2 is 1.55 bits per heavy atom. The second kappa shape index (κ2) is 15.7. The summed E-state index contributed by atoms with van der Waals surface area (Å²) in [7, 11) is -3.57. The van der Waals surface area contributed by atoms with Gasteiger partial charge < -0.3 is 10.2 Å². The number of nitrogens with one attached hydrogen (secondary N) is 1. The van der Waals surface area contributed by atoms with E-state index in [1.54, 1.807) is 4.90 Å². The van der Waals surface area contributed by atoms with Crippen LogP contribution < -0.4 is 9.62 Å². The van der Waals surface area contributed by atoms with E-state index in [2.05, 4.69) is 21.2 Å². The molecule has 1 N–H and O–H groups in total. The van der Waals surface area contributed by atoms with Crippen molar-refractivity contribution in [2.75, 3.05) is 17.1 Å². The molecule has 7 nitrogen and oxygen atoms in total. The number of amides is 2. The first-order valence-electron chi connectivity index (χ1n) is 15.4. The Balaban J connectivity index is 1.59. The minimum Gasteiger partial charge on any atom is -0.352 e. The highest BCUT2D eigenvalue weighted by molar-refractivity contribution is 9.10. The molecular formula is C35H44BrN3O4S. The number of benzene rings is 3. The molecule has 236 valence electrons. The van der Waals surface area contributed by atoms with Gasteiger partial charge in [0.05, 0.1) is 11.9 Å². The predicted octanol–water partition coefficient (Wildman–Crippen LogP) is 6.70. The van der Waals surface area contributed by atoms with Gasteiger partial charge in [-0.3, -0.25) is 13.9 Å². The first-order chi connectivity index (χ1) is 21.0. The van der Waals surface area contributed by atoms with Crippen LogP contribution in [0.4, 0.5) is 5.69 Å². The Bertz CT molecular complexity index is 1490. The van der Waals surface area contributed by atoms with Gasteiger partial charge in [-0.25, -0.2) is 8.42 Å². The zero-order valence-electron chi connectivity index (χ0n) is 26.0. The van der Waals surface area contributed by atoms with E-state index in [-0.39, 0.29) is 37.4 Å². The summed E-state index contributed by atoms with van der Waals surface area (Å²) >= 11 is 3.49. The molecular weight excluding hydrogens is 638 g/mol. The molecule has 0 heterocycles. The molecule has 0 bridgehead atoms. The lowest BCUT2D eigenvalue weighted by atomic mass is 9.94. The molecule has 4 rings (SSSR count). The average molecular weight is 683 g/mol. The summed E-state index contributed by atoms with van der Waals surface area (Å²) < 4.78 is 27.9. The van der Waals surface area contributed by atoms with Gasteiger partial charge in [0.25, 0.3) is 0 Å². The molecule has 0 saturated heterocycles. The van der Waals surface area contributed by atoms with Crippen LogP contribution in [-0.2, 0) is 32.6 Å². The van der Waals surface area contributed by atoms with E-state index in [0.29, 0.717) is 18.5 Å². The molecule has 0 aliphatic heterocycles. The zero-order valence-corrected chi connectivity index (χ0v) is 28.4. The molecule has 0 aromatic heterocycles. The Kier molecular flexibility index (Phi) is 12.0. The van der Waals surface area contributed by atoms with Gasteiger partial charge in [0.2, 0.25) is 21.8 Å². The summed E-state index contributed by atoms with van der Waals surface area (Å²) in [5, 5.41) is 3.27. The molecule has 0 spiro atoms. The highest BCUT2D eigenvalue weighted by atomic mass is 79.9. The summed E-state index contributed by atoms with van der Waals surface area (Å²) in [6.07, 6.45) is 7.26. The smallest absolute Gasteiger partial charge is 0.243 e. The number of carbonyl (C=O) groups excluding carboxylic acids is 2. The largest absolute Gasteiger partial charge is 0.352 e. The minimum atomic E-state index is -3.57. The molecule has 2 amide bonds. The molecule has 3 aromatic carbocycles. The van der Waals surface area contributed by atoms with Crippen LogP contribution in [0.25, 0.3) is 0 Å². The second-order valence-corrected chi connectivity index (χ2v) is 14.8. The van der Waals surface area contributed by atoms with Gasteiger partial charge >= 0.3 is 0 Å². The highest BCUT2D eigenvalue weighted by Crippen LogP contribution is 2.24. The van der Waals surface area contributed by atoms with E-state index in [4.69, 9.17) is 0 Å². The number of anilines is 1. The molecule has 0 radical (unpaired) electrons. The Morgan fingerprint density at radius 1 is 0.909 bits per heavy atom. The maximum absolute atomic E-state index is 14.1. The standard InChI is InChI=1S/C35H44BrN3O4S/c1-26-21-27(2)23-32(22-26)39(44(3,42)43)20-10-15-34(40)38(25-29-16-18-30(36)19-17-29)33(24-28-11-6-4-7-12-28)35(41)37-31-13-8-5-9-14-31/h4,6-7,11-12,16-19,21-23,31,33H,5,8-10,13-15,20,24-25H2,1-3H3,(H,37,41)/t33-/m0/s1. The van der Waals surface area contributed by atoms with Crippen molar-refractivity contribution in [3.05, 3.63) is 99.5 Å². The minimum absolute atomic E-state index is 0.106. The lowest BCUT2D eigenvalue weighted by Crippen LogP contribution is -2.52. The van der Waals surface area contributed by atoms with Crippen LogP contribution in [0.5, 0.6) is 0 Å². The van der Waals surface area contributed by atoms with Crippen molar-refractivity contribution in [3.63, 3.8) is 0 Å². The van der Waals surface area contributed by atoms with Crippen LogP contribution >= 0.6 is 15.9 Å². The van der Waals surface area contributed by atoms with Gasteiger partial charge in [0.1, 0.15) is 6.04 Å². The Morgan fingerprint density at radius 3 is 2.16 bits per heavy atom. The number of nitrogens with zero attached hydrogens (tertiary/aromatic N) is 2. The number of sulfonamides is 1. The number of halogens is 1. The summed E-state index contributed by atoms with van der Waals surface area (Å²) in [6, 6.07) is 22.7. The van der Waals surface area contributed by atoms with E-state index in [9.17, 15) is 18.0 Å². The third-order valence-electron chi connectivity index (χ3n) is 8.14. The zero-order chi connectivity index (χ0) is 31.7. The maximum atomic E-state index is 14.1. The molecule has 1 aliphatic carbocycles. The molecule has 44 heavy (non-hydrogen) atoms. The van der Waals surface area contributed by atoms with E-state index in [1.807, 2.05) is 86.6 Å². The fraction of sp³-hybridized carbons (Fsp3) is 0.429. The van der Waals surface area contributed by atoms with Gasteiger partial charge in [0.15, 0.2) is 0 Å². The van der Waals surface area contributed by atoms with Crippen molar-refractivity contribution in [1.29, 1.82) is 0 Å². The first kappa shape index (κ1) is 33.7. The van der Waals surface area contributed by atoms with Gasteiger partial charge in [-0.05, 0) is 79.6 Å². The van der Waals surface area contributed by atoms with Gasteiger partial charge in [-0.2, -0.15) is 0 Å². The summed E-state index contributed by atoms with van der Waals surface area (Å²) in [5.41, 5.74) is 4.43. The van der Waals surface area contributed by atoms with Crippen molar-refractivity contribution in [2.45, 2.75) is 83.8 Å². The molecule has 1 fully saturated rings. The lowest BCUT2D eigenvalue weighted by Gasteiger charge is -2.34. The first-order valence-corrected chi connectivity index (χ1v) is 18.1. The van der Waals surface area contributed by atoms with Crippen LogP contribution in [-0.4, -0.2) is 50.0 Å². The topological polar surface area (TPSA) is 86.8 Å². The van der Waals surface area contributed by atoms with Crippen LogP contribution in [0.15, 0.2) is 77.3 Å². The van der Waals surface area contributed by atoms with Crippen LogP contribution in [0.3, 0.4) is 0 Å². The monoisotopic (exact) mass is 681 g/mol. The lowest BCUT2D eigenvalue weighted by molar-refractivity contribution is -0.141. The SMILES string of the molecule is Cc1cc(C)cc(N(CCCC(=O)N(Cc2ccc(Br)cc2)[C@@H](Cc2ccccc2)C(=O)NC2CCCCC2)S(C)(=O)=O)c1. The van der Waals surface area contributed by atoms with Crippen LogP contribution in [0.2, 0.25) is 0 Å². The fourth-order valence-corrected chi connectivity index (χ4v) is 7.20. The third-order valence-corrected chi connectivity index (χ3v) is 9.86. The highest BCUT2D eigenvalue weighted by Gasteiger charge is 2.32.